The predicted molar refractivity (Wildman–Crippen MR) is 203 cm³/mol. The van der Waals surface area contributed by atoms with Crippen molar-refractivity contribution in [2.45, 2.75) is 89.0 Å². The van der Waals surface area contributed by atoms with Crippen LogP contribution in [0, 0.1) is 11.8 Å². The van der Waals surface area contributed by atoms with Crippen LogP contribution in [-0.4, -0.2) is 64.9 Å². The molecule has 4 N–H and O–H groups in total. The number of benzene rings is 3. The third-order valence-electron chi connectivity index (χ3n) is 8.98. The van der Waals surface area contributed by atoms with E-state index in [1.807, 2.05) is 60.7 Å². The molecule has 0 unspecified atom stereocenters. The number of hydrogen-bond acceptors (Lipinski definition) is 8. The van der Waals surface area contributed by atoms with Crippen molar-refractivity contribution in [3.63, 3.8) is 0 Å². The zero-order valence-electron chi connectivity index (χ0n) is 30.5. The van der Waals surface area contributed by atoms with E-state index >= 15 is 0 Å². The van der Waals surface area contributed by atoms with Crippen LogP contribution in [-0.2, 0) is 33.7 Å². The van der Waals surface area contributed by atoms with Gasteiger partial charge in [-0.05, 0) is 47.6 Å². The number of hydrogen-bond donors (Lipinski definition) is 4. The Bertz CT molecular complexity index is 1540. The number of thioether (sulfide) groups is 1. The lowest BCUT2D eigenvalue weighted by molar-refractivity contribution is -0.290. The van der Waals surface area contributed by atoms with Crippen LogP contribution in [0.4, 0.5) is 0 Å². The molecule has 278 valence electrons. The Morgan fingerprint density at radius 2 is 1.31 bits per heavy atom. The summed E-state index contributed by atoms with van der Waals surface area (Å²) >= 11 is 1.79. The number of rotatable bonds is 10. The molecule has 5 atom stereocenters. The monoisotopic (exact) mass is 729 g/mol. The van der Waals surface area contributed by atoms with Gasteiger partial charge < -0.3 is 21.1 Å². The normalized spacial score (nSPS) is 22.9. The van der Waals surface area contributed by atoms with Gasteiger partial charge in [-0.1, -0.05) is 131 Å². The first-order chi connectivity index (χ1) is 24.9. The van der Waals surface area contributed by atoms with Gasteiger partial charge in [-0.3, -0.25) is 19.3 Å². The highest BCUT2D eigenvalue weighted by Crippen LogP contribution is 2.48. The van der Waals surface area contributed by atoms with Crippen molar-refractivity contribution in [2.75, 3.05) is 5.75 Å². The van der Waals surface area contributed by atoms with E-state index in [-0.39, 0.29) is 18.3 Å². The molecule has 10 nitrogen and oxygen atoms in total. The topological polar surface area (TPSA) is 143 Å². The van der Waals surface area contributed by atoms with Crippen molar-refractivity contribution in [3.05, 3.63) is 120 Å². The number of amides is 3. The Morgan fingerprint density at radius 1 is 0.769 bits per heavy atom. The van der Waals surface area contributed by atoms with Crippen LogP contribution >= 0.6 is 11.8 Å². The van der Waals surface area contributed by atoms with E-state index in [1.54, 1.807) is 45.5 Å². The van der Waals surface area contributed by atoms with E-state index in [0.717, 1.165) is 16.7 Å². The van der Waals surface area contributed by atoms with Crippen molar-refractivity contribution >= 4 is 35.5 Å². The molecule has 11 heteroatoms. The Labute approximate surface area is 311 Å². The summed E-state index contributed by atoms with van der Waals surface area (Å²) in [6, 6.07) is 28.4. The molecule has 4 rings (SSSR count). The average molecular weight is 730 g/mol. The molecule has 52 heavy (non-hydrogen) atoms. The van der Waals surface area contributed by atoms with Crippen molar-refractivity contribution in [1.29, 1.82) is 0 Å². The second-order valence-corrected chi connectivity index (χ2v) is 15.0. The molecule has 0 spiro atoms. The van der Waals surface area contributed by atoms with Gasteiger partial charge in [-0.15, -0.1) is 11.8 Å². The fourth-order valence-electron chi connectivity index (χ4n) is 6.19. The summed E-state index contributed by atoms with van der Waals surface area (Å²) in [7, 11) is 0. The molecule has 1 heterocycles. The summed E-state index contributed by atoms with van der Waals surface area (Å²) < 4.78 is -0.496. The van der Waals surface area contributed by atoms with Gasteiger partial charge in [0.1, 0.15) is 18.2 Å². The number of nitrogens with one attached hydrogen (secondary N) is 3. The Kier molecular flexibility index (Phi) is 15.0. The lowest BCUT2D eigenvalue weighted by atomic mass is 9.84. The summed E-state index contributed by atoms with van der Waals surface area (Å²) in [5.74, 6) is -2.26. The third kappa shape index (κ3) is 10.8. The van der Waals surface area contributed by atoms with Gasteiger partial charge in [0.2, 0.25) is 17.7 Å². The molecule has 1 aliphatic heterocycles. The Morgan fingerprint density at radius 3 is 1.81 bits per heavy atom. The highest BCUT2D eigenvalue weighted by molar-refractivity contribution is 8.00. The Hall–Kier alpha value is -4.45. The molecule has 3 amide bonds. The summed E-state index contributed by atoms with van der Waals surface area (Å²) in [6.45, 7) is 8.68. The molecule has 3 aromatic carbocycles. The molecule has 1 fully saturated rings. The van der Waals surface area contributed by atoms with Crippen LogP contribution in [0.3, 0.4) is 0 Å². The summed E-state index contributed by atoms with van der Waals surface area (Å²) in [6.07, 6.45) is 1.19. The van der Waals surface area contributed by atoms with Gasteiger partial charge in [-0.2, -0.15) is 4.89 Å². The maximum Gasteiger partial charge on any atom is 0.345 e. The van der Waals surface area contributed by atoms with Crippen LogP contribution in [0.15, 0.2) is 103 Å². The molecule has 0 aliphatic carbocycles. The largest absolute Gasteiger partial charge is 0.390 e. The van der Waals surface area contributed by atoms with Crippen LogP contribution in [0.5, 0.6) is 0 Å². The molecule has 0 radical (unpaired) electrons. The highest BCUT2D eigenvalue weighted by atomic mass is 32.2. The van der Waals surface area contributed by atoms with E-state index in [9.17, 15) is 24.3 Å². The maximum absolute atomic E-state index is 13.3. The molecule has 1 saturated heterocycles. The van der Waals surface area contributed by atoms with Crippen molar-refractivity contribution in [3.8, 4) is 0 Å². The Balaban J connectivity index is 1.55. The summed E-state index contributed by atoms with van der Waals surface area (Å²) in [4.78, 5) is 62.8. The lowest BCUT2D eigenvalue weighted by Gasteiger charge is -2.35. The minimum absolute atomic E-state index is 0.241. The molecule has 3 aromatic rings. The summed E-state index contributed by atoms with van der Waals surface area (Å²) in [5.41, 5.74) is 3.43. The van der Waals surface area contributed by atoms with Crippen LogP contribution in [0.25, 0.3) is 0 Å². The van der Waals surface area contributed by atoms with Crippen molar-refractivity contribution in [1.82, 2.24) is 16.0 Å². The minimum atomic E-state index is -1.28. The van der Waals surface area contributed by atoms with Gasteiger partial charge >= 0.3 is 5.97 Å². The average Bonchev–Trinajstić information content (AvgIpc) is 3.13. The van der Waals surface area contributed by atoms with Crippen molar-refractivity contribution in [2.24, 2.45) is 11.8 Å². The molecule has 0 saturated carbocycles. The lowest BCUT2D eigenvalue weighted by Crippen LogP contribution is -2.57. The quantitative estimate of drug-likeness (QED) is 0.0936. The SMILES string of the molecule is CC(C)[C@H]1NC(=O)[C@@H](C)NC(=O)[C@@H](C(C)C)NC(=O)C[C@@H](/C=C/CCSC(c2ccccc2)(c2ccccc2)c2ccccc2)OOC(=O)C[C@@H]1O. The number of aliphatic hydroxyl groups is 1. The molecular formula is C41H51N3O7S. The zero-order chi connectivity index (χ0) is 37.7. The van der Waals surface area contributed by atoms with E-state index in [1.165, 1.54) is 6.92 Å². The fourth-order valence-corrected chi connectivity index (χ4v) is 7.66. The predicted octanol–water partition coefficient (Wildman–Crippen LogP) is 5.44. The first-order valence-corrected chi connectivity index (χ1v) is 18.8. The maximum atomic E-state index is 13.3. The number of aliphatic hydroxyl groups excluding tert-OH is 1. The van der Waals surface area contributed by atoms with Gasteiger partial charge in [0, 0.05) is 0 Å². The van der Waals surface area contributed by atoms with Crippen LogP contribution in [0.1, 0.15) is 70.6 Å². The molecule has 0 aromatic heterocycles. The zero-order valence-corrected chi connectivity index (χ0v) is 31.3. The van der Waals surface area contributed by atoms with E-state index in [0.29, 0.717) is 12.2 Å². The van der Waals surface area contributed by atoms with Crippen molar-refractivity contribution < 1.29 is 34.1 Å². The van der Waals surface area contributed by atoms with Crippen LogP contribution in [0.2, 0.25) is 0 Å². The minimum Gasteiger partial charge on any atom is -0.390 e. The number of allylic oxidation sites excluding steroid dienone is 1. The van der Waals surface area contributed by atoms with E-state index in [4.69, 9.17) is 9.78 Å². The first kappa shape index (κ1) is 40.3. The third-order valence-corrected chi connectivity index (χ3v) is 10.6. The van der Waals surface area contributed by atoms with Gasteiger partial charge in [0.05, 0.1) is 29.7 Å². The fraction of sp³-hybridized carbons (Fsp3) is 0.415. The second-order valence-electron chi connectivity index (χ2n) is 13.7. The van der Waals surface area contributed by atoms with Crippen LogP contribution < -0.4 is 16.0 Å². The van der Waals surface area contributed by atoms with Gasteiger partial charge in [0.15, 0.2) is 0 Å². The van der Waals surface area contributed by atoms with Gasteiger partial charge in [0.25, 0.3) is 0 Å². The summed E-state index contributed by atoms with van der Waals surface area (Å²) in [5, 5.41) is 19.0. The highest BCUT2D eigenvalue weighted by Gasteiger charge is 2.37. The molecule has 1 aliphatic rings. The van der Waals surface area contributed by atoms with E-state index in [2.05, 4.69) is 52.3 Å². The number of carbonyl (C=O) groups excluding carboxylic acids is 4. The smallest absolute Gasteiger partial charge is 0.345 e. The van der Waals surface area contributed by atoms with E-state index < -0.39 is 65.2 Å². The van der Waals surface area contributed by atoms with Gasteiger partial charge in [-0.25, -0.2) is 4.79 Å². The molecule has 0 bridgehead atoms. The number of carbonyl (C=O) groups is 4. The molecular weight excluding hydrogens is 679 g/mol. The standard InChI is InChI=1S/C41H51N3O7S/c1-27(2)37-34(45)26-36(47)51-50-33(25-35(46)43-38(28(3)4)40(49)42-29(5)39(48)44-37)23-15-16-24-52-41(30-17-9-6-10-18-30,31-19-11-7-12-20-31)32-21-13-8-14-22-32/h6-15,17-23,27-29,33-34,37-38,45H,16,24-26H2,1-5H3,(H,42,49)(H,43,46)(H,44,48)/b23-15+/t29-,33-,34+,37-,38-/m1/s1. The second kappa shape index (κ2) is 19.4. The first-order valence-electron chi connectivity index (χ1n) is 17.8.